The maximum atomic E-state index is 12.3. The van der Waals surface area contributed by atoms with Crippen LogP contribution in [0.2, 0.25) is 5.02 Å². The number of hydrogen-bond donors (Lipinski definition) is 1. The average Bonchev–Trinajstić information content (AvgIpc) is 3.08. The van der Waals surface area contributed by atoms with Crippen LogP contribution in [0.1, 0.15) is 31.4 Å². The van der Waals surface area contributed by atoms with Crippen molar-refractivity contribution in [2.75, 3.05) is 6.61 Å². The Morgan fingerprint density at radius 1 is 1.18 bits per heavy atom. The summed E-state index contributed by atoms with van der Waals surface area (Å²) in [4.78, 5) is 28.5. The van der Waals surface area contributed by atoms with E-state index in [1.54, 1.807) is 38.1 Å². The number of thioether (sulfide) groups is 1. The van der Waals surface area contributed by atoms with Crippen molar-refractivity contribution in [3.8, 4) is 5.75 Å². The summed E-state index contributed by atoms with van der Waals surface area (Å²) in [6.07, 6.45) is 1.84. The van der Waals surface area contributed by atoms with E-state index in [1.807, 2.05) is 24.3 Å². The lowest BCUT2D eigenvalue weighted by Crippen LogP contribution is -2.14. The van der Waals surface area contributed by atoms with E-state index in [2.05, 4.69) is 27.6 Å². The monoisotopic (exact) mass is 597 g/mol. The molecule has 0 spiro atoms. The topological polar surface area (TPSA) is 85.2 Å². The highest BCUT2D eigenvalue weighted by atomic mass is 127. The lowest BCUT2D eigenvalue weighted by atomic mass is 10.1. The van der Waals surface area contributed by atoms with E-state index >= 15 is 0 Å². The zero-order valence-corrected chi connectivity index (χ0v) is 21.7. The Morgan fingerprint density at radius 3 is 2.55 bits per heavy atom. The van der Waals surface area contributed by atoms with Crippen LogP contribution in [0.5, 0.6) is 5.75 Å². The Balaban J connectivity index is 1.83. The summed E-state index contributed by atoms with van der Waals surface area (Å²) >= 11 is 9.67. The fraction of sp³-hybridized carbons (Fsp3) is 0.208. The number of amides is 1. The molecule has 0 fully saturated rings. The minimum Gasteiger partial charge on any atom is -0.506 e. The maximum Gasteiger partial charge on any atom is 0.344 e. The lowest BCUT2D eigenvalue weighted by molar-refractivity contribution is -0.138. The summed E-state index contributed by atoms with van der Waals surface area (Å²) in [6, 6.07) is 13.2. The van der Waals surface area contributed by atoms with E-state index in [9.17, 15) is 14.7 Å². The van der Waals surface area contributed by atoms with E-state index in [-0.39, 0.29) is 29.4 Å². The molecule has 2 aromatic carbocycles. The third kappa shape index (κ3) is 6.61. The van der Waals surface area contributed by atoms with Gasteiger partial charge in [0, 0.05) is 9.99 Å². The summed E-state index contributed by atoms with van der Waals surface area (Å²) in [7, 11) is 0. The van der Waals surface area contributed by atoms with Crippen LogP contribution in [0.3, 0.4) is 0 Å². The maximum absolute atomic E-state index is 12.3. The molecule has 0 unspecified atom stereocenters. The standard InChI is InChI=1S/C24H21ClINO5S/c1-3-20(28)27-23-21(24(30)31-4-2)22(29)19(33-23)12-15-7-10-18(17(25)11-15)32-13-14-5-8-16(26)9-6-14/h5-12,29H,3-4,13H2,1-2H3/b19-12-,27-23?. The quantitative estimate of drug-likeness (QED) is 0.297. The zero-order chi connectivity index (χ0) is 24.0. The molecule has 172 valence electrons. The Kier molecular flexibility index (Phi) is 8.99. The molecule has 1 amide bonds. The summed E-state index contributed by atoms with van der Waals surface area (Å²) in [5.74, 6) is -0.882. The highest BCUT2D eigenvalue weighted by Crippen LogP contribution is 2.40. The smallest absolute Gasteiger partial charge is 0.344 e. The van der Waals surface area contributed by atoms with Gasteiger partial charge in [-0.2, -0.15) is 0 Å². The van der Waals surface area contributed by atoms with Gasteiger partial charge in [-0.25, -0.2) is 9.79 Å². The summed E-state index contributed by atoms with van der Waals surface area (Å²) in [5.41, 5.74) is 1.59. The van der Waals surface area contributed by atoms with E-state index in [0.717, 1.165) is 20.9 Å². The molecule has 0 atom stereocenters. The number of nitrogens with zero attached hydrogens (tertiary/aromatic N) is 1. The molecule has 1 heterocycles. The third-order valence-electron chi connectivity index (χ3n) is 4.46. The zero-order valence-electron chi connectivity index (χ0n) is 17.9. The first kappa shape index (κ1) is 25.3. The summed E-state index contributed by atoms with van der Waals surface area (Å²) < 4.78 is 12.0. The minimum atomic E-state index is -0.731. The van der Waals surface area contributed by atoms with Crippen molar-refractivity contribution >= 4 is 68.9 Å². The normalized spacial score (nSPS) is 15.9. The Labute approximate surface area is 214 Å². The number of esters is 1. The second-order valence-electron chi connectivity index (χ2n) is 6.82. The highest BCUT2D eigenvalue weighted by Gasteiger charge is 2.33. The van der Waals surface area contributed by atoms with Crippen molar-refractivity contribution < 1.29 is 24.2 Å². The molecule has 33 heavy (non-hydrogen) atoms. The lowest BCUT2D eigenvalue weighted by Gasteiger charge is -2.09. The van der Waals surface area contributed by atoms with Crippen LogP contribution in [0.4, 0.5) is 0 Å². The predicted octanol–water partition coefficient (Wildman–Crippen LogP) is 6.32. The molecule has 1 N–H and O–H groups in total. The molecule has 0 radical (unpaired) electrons. The van der Waals surface area contributed by atoms with E-state index in [1.165, 1.54) is 0 Å². The molecule has 1 aliphatic rings. The molecule has 9 heteroatoms. The summed E-state index contributed by atoms with van der Waals surface area (Å²) in [5, 5.41) is 11.2. The number of hydrogen-bond acceptors (Lipinski definition) is 6. The van der Waals surface area contributed by atoms with E-state index in [0.29, 0.717) is 27.8 Å². The molecule has 0 saturated carbocycles. The van der Waals surface area contributed by atoms with Crippen molar-refractivity contribution in [3.05, 3.63) is 78.4 Å². The fourth-order valence-corrected chi connectivity index (χ4v) is 4.44. The molecule has 0 bridgehead atoms. The first-order valence-electron chi connectivity index (χ1n) is 10.1. The SMILES string of the molecule is CCOC(=O)C1=C(O)/C(=C/c2ccc(OCc3ccc(I)cc3)c(Cl)c2)SC1=NC(=O)CC. The Morgan fingerprint density at radius 2 is 1.91 bits per heavy atom. The van der Waals surface area contributed by atoms with Gasteiger partial charge in [0.15, 0.2) is 0 Å². The first-order chi connectivity index (χ1) is 15.8. The van der Waals surface area contributed by atoms with Crippen LogP contribution in [0, 0.1) is 3.57 Å². The Bertz CT molecular complexity index is 1160. The Hall–Kier alpha value is -2.30. The predicted molar refractivity (Wildman–Crippen MR) is 140 cm³/mol. The van der Waals surface area contributed by atoms with Crippen LogP contribution >= 0.6 is 46.0 Å². The van der Waals surface area contributed by atoms with Gasteiger partial charge < -0.3 is 14.6 Å². The summed E-state index contributed by atoms with van der Waals surface area (Å²) in [6.45, 7) is 3.84. The second kappa shape index (κ2) is 11.7. The van der Waals surface area contributed by atoms with Crippen molar-refractivity contribution in [2.24, 2.45) is 4.99 Å². The molecule has 3 rings (SSSR count). The van der Waals surface area contributed by atoms with Gasteiger partial charge in [0.05, 0.1) is 16.5 Å². The van der Waals surface area contributed by atoms with E-state index < -0.39 is 11.9 Å². The molecule has 0 saturated heterocycles. The van der Waals surface area contributed by atoms with Gasteiger partial charge in [-0.05, 0) is 71.0 Å². The first-order valence-corrected chi connectivity index (χ1v) is 12.4. The van der Waals surface area contributed by atoms with Gasteiger partial charge in [-0.15, -0.1) is 0 Å². The number of ether oxygens (including phenoxy) is 2. The van der Waals surface area contributed by atoms with Gasteiger partial charge >= 0.3 is 5.97 Å². The van der Waals surface area contributed by atoms with E-state index in [4.69, 9.17) is 21.1 Å². The number of benzene rings is 2. The number of rotatable bonds is 7. The van der Waals surface area contributed by atoms with Gasteiger partial charge in [0.2, 0.25) is 5.91 Å². The van der Waals surface area contributed by atoms with Crippen LogP contribution in [-0.4, -0.2) is 28.6 Å². The number of carbonyl (C=O) groups is 2. The van der Waals surface area contributed by atoms with Crippen LogP contribution in [0.15, 0.2) is 63.7 Å². The van der Waals surface area contributed by atoms with Crippen molar-refractivity contribution in [3.63, 3.8) is 0 Å². The molecule has 0 aromatic heterocycles. The number of aliphatic hydroxyl groups excluding tert-OH is 1. The molecule has 1 aliphatic heterocycles. The van der Waals surface area contributed by atoms with Crippen LogP contribution in [0.25, 0.3) is 6.08 Å². The van der Waals surface area contributed by atoms with Crippen molar-refractivity contribution in [1.82, 2.24) is 0 Å². The van der Waals surface area contributed by atoms with Crippen molar-refractivity contribution in [1.29, 1.82) is 0 Å². The molecular formula is C24H21ClINO5S. The number of halogens is 2. The van der Waals surface area contributed by atoms with Crippen LogP contribution in [-0.2, 0) is 20.9 Å². The van der Waals surface area contributed by atoms with Gasteiger partial charge in [0.1, 0.15) is 28.7 Å². The molecule has 2 aromatic rings. The van der Waals surface area contributed by atoms with Gasteiger partial charge in [-0.3, -0.25) is 4.79 Å². The number of aliphatic imine (C=N–C) groups is 1. The fourth-order valence-electron chi connectivity index (χ4n) is 2.80. The highest BCUT2D eigenvalue weighted by molar-refractivity contribution is 14.1. The number of carbonyl (C=O) groups excluding carboxylic acids is 2. The number of aliphatic hydroxyl groups is 1. The molecule has 0 aliphatic carbocycles. The van der Waals surface area contributed by atoms with Crippen molar-refractivity contribution in [2.45, 2.75) is 26.9 Å². The minimum absolute atomic E-state index is 0.113. The average molecular weight is 598 g/mol. The second-order valence-corrected chi connectivity index (χ2v) is 9.51. The van der Waals surface area contributed by atoms with Crippen LogP contribution < -0.4 is 4.74 Å². The van der Waals surface area contributed by atoms with Gasteiger partial charge in [-0.1, -0.05) is 48.5 Å². The molecule has 6 nitrogen and oxygen atoms in total. The largest absolute Gasteiger partial charge is 0.506 e. The third-order valence-corrected chi connectivity index (χ3v) is 6.49. The van der Waals surface area contributed by atoms with Gasteiger partial charge in [0.25, 0.3) is 0 Å². The molecular weight excluding hydrogens is 577 g/mol.